The van der Waals surface area contributed by atoms with E-state index in [0.29, 0.717) is 0 Å². The van der Waals surface area contributed by atoms with E-state index >= 15 is 0 Å². The van der Waals surface area contributed by atoms with Gasteiger partial charge in [-0.1, -0.05) is 97.1 Å². The molecule has 1 heteroatoms. The molecule has 142 valence electrons. The minimum absolute atomic E-state index is 0.932. The molecule has 1 aliphatic carbocycles. The van der Waals surface area contributed by atoms with E-state index in [0.717, 1.165) is 19.5 Å². The summed E-state index contributed by atoms with van der Waals surface area (Å²) in [6, 6.07) is 35.0. The second-order valence-corrected chi connectivity index (χ2v) is 7.97. The Bertz CT molecular complexity index is 1140. The molecule has 4 aromatic rings. The van der Waals surface area contributed by atoms with Crippen LogP contribution in [0.1, 0.15) is 22.3 Å². The standard InChI is InChI=1S/C28H25N/c1-29(19-23-13-6-7-15-25(23)21-10-3-2-4-11-21)20-24-14-9-17-27-26-16-8-5-12-22(26)18-28(24)27/h2-17H,18-20H2,1H3. The van der Waals surface area contributed by atoms with E-state index in [4.69, 9.17) is 0 Å². The fraction of sp³-hybridized carbons (Fsp3) is 0.143. The van der Waals surface area contributed by atoms with Gasteiger partial charge in [-0.2, -0.15) is 0 Å². The summed E-state index contributed by atoms with van der Waals surface area (Å²) in [4.78, 5) is 2.43. The molecule has 0 saturated heterocycles. The van der Waals surface area contributed by atoms with Crippen molar-refractivity contribution >= 4 is 0 Å². The van der Waals surface area contributed by atoms with Crippen molar-refractivity contribution in [1.82, 2.24) is 4.90 Å². The van der Waals surface area contributed by atoms with Crippen LogP contribution in [0.4, 0.5) is 0 Å². The summed E-state index contributed by atoms with van der Waals surface area (Å²) >= 11 is 0. The topological polar surface area (TPSA) is 3.24 Å². The molecule has 5 rings (SSSR count). The third-order valence-electron chi connectivity index (χ3n) is 5.93. The summed E-state index contributed by atoms with van der Waals surface area (Å²) in [6.07, 6.45) is 1.05. The molecule has 29 heavy (non-hydrogen) atoms. The highest BCUT2D eigenvalue weighted by molar-refractivity contribution is 5.77. The largest absolute Gasteiger partial charge is 0.298 e. The van der Waals surface area contributed by atoms with Crippen LogP contribution in [0.2, 0.25) is 0 Å². The van der Waals surface area contributed by atoms with Crippen molar-refractivity contribution in [3.8, 4) is 22.3 Å². The van der Waals surface area contributed by atoms with E-state index in [9.17, 15) is 0 Å². The summed E-state index contributed by atoms with van der Waals surface area (Å²) in [5, 5.41) is 0. The molecule has 1 nitrogen and oxygen atoms in total. The van der Waals surface area contributed by atoms with Gasteiger partial charge in [-0.25, -0.2) is 0 Å². The van der Waals surface area contributed by atoms with Gasteiger partial charge in [0.25, 0.3) is 0 Å². The van der Waals surface area contributed by atoms with Crippen LogP contribution in [0, 0.1) is 0 Å². The van der Waals surface area contributed by atoms with Gasteiger partial charge in [-0.15, -0.1) is 0 Å². The number of nitrogens with zero attached hydrogens (tertiary/aromatic N) is 1. The maximum Gasteiger partial charge on any atom is 0.0240 e. The quantitative estimate of drug-likeness (QED) is 0.336. The number of hydrogen-bond acceptors (Lipinski definition) is 1. The number of hydrogen-bond donors (Lipinski definition) is 0. The molecular weight excluding hydrogens is 350 g/mol. The Hall–Kier alpha value is -3.16. The Kier molecular flexibility index (Phi) is 4.75. The first-order chi connectivity index (χ1) is 14.3. The molecule has 0 aliphatic heterocycles. The normalized spacial score (nSPS) is 12.1. The van der Waals surface area contributed by atoms with Gasteiger partial charge in [-0.3, -0.25) is 4.90 Å². The molecule has 4 aromatic carbocycles. The molecule has 0 aromatic heterocycles. The zero-order valence-corrected chi connectivity index (χ0v) is 16.8. The second-order valence-electron chi connectivity index (χ2n) is 7.97. The molecule has 0 radical (unpaired) electrons. The van der Waals surface area contributed by atoms with E-state index in [1.807, 2.05) is 0 Å². The van der Waals surface area contributed by atoms with Crippen molar-refractivity contribution < 1.29 is 0 Å². The molecule has 1 aliphatic rings. The number of fused-ring (bicyclic) bond motifs is 3. The molecule has 0 unspecified atom stereocenters. The van der Waals surface area contributed by atoms with Gasteiger partial charge >= 0.3 is 0 Å². The van der Waals surface area contributed by atoms with E-state index in [2.05, 4.69) is 109 Å². The Labute approximate surface area is 173 Å². The lowest BCUT2D eigenvalue weighted by Gasteiger charge is -2.21. The summed E-state index contributed by atoms with van der Waals surface area (Å²) in [7, 11) is 2.23. The fourth-order valence-corrected chi connectivity index (χ4v) is 4.57. The predicted molar refractivity (Wildman–Crippen MR) is 122 cm³/mol. The zero-order chi connectivity index (χ0) is 19.6. The highest BCUT2D eigenvalue weighted by atomic mass is 15.1. The van der Waals surface area contributed by atoms with E-state index in [1.54, 1.807) is 0 Å². The van der Waals surface area contributed by atoms with Gasteiger partial charge in [0.15, 0.2) is 0 Å². The van der Waals surface area contributed by atoms with Crippen molar-refractivity contribution in [3.63, 3.8) is 0 Å². The van der Waals surface area contributed by atoms with Crippen LogP contribution >= 0.6 is 0 Å². The second kappa shape index (κ2) is 7.69. The van der Waals surface area contributed by atoms with Crippen molar-refractivity contribution in [2.24, 2.45) is 0 Å². The first-order valence-electron chi connectivity index (χ1n) is 10.3. The maximum absolute atomic E-state index is 2.43. The minimum atomic E-state index is 0.932. The predicted octanol–water partition coefficient (Wildman–Crippen LogP) is 6.56. The first-order valence-corrected chi connectivity index (χ1v) is 10.3. The summed E-state index contributed by atoms with van der Waals surface area (Å²) in [5.74, 6) is 0. The van der Waals surface area contributed by atoms with Gasteiger partial charge in [0.2, 0.25) is 0 Å². The van der Waals surface area contributed by atoms with Crippen LogP contribution in [0.15, 0.2) is 97.1 Å². The lowest BCUT2D eigenvalue weighted by Crippen LogP contribution is -2.18. The van der Waals surface area contributed by atoms with Crippen LogP contribution in [0.25, 0.3) is 22.3 Å². The Morgan fingerprint density at radius 1 is 0.586 bits per heavy atom. The van der Waals surface area contributed by atoms with Gasteiger partial charge in [-0.05, 0) is 58.0 Å². The van der Waals surface area contributed by atoms with Crippen molar-refractivity contribution in [2.75, 3.05) is 7.05 Å². The van der Waals surface area contributed by atoms with Crippen LogP contribution in [0.3, 0.4) is 0 Å². The molecule has 0 amide bonds. The molecule has 0 N–H and O–H groups in total. The number of rotatable bonds is 5. The first kappa shape index (κ1) is 17.9. The van der Waals surface area contributed by atoms with Crippen LogP contribution in [0.5, 0.6) is 0 Å². The smallest absolute Gasteiger partial charge is 0.0240 e. The molecule has 0 spiro atoms. The lowest BCUT2D eigenvalue weighted by molar-refractivity contribution is 0.319. The molecule has 0 bridgehead atoms. The highest BCUT2D eigenvalue weighted by Gasteiger charge is 2.20. The SMILES string of the molecule is CN(Cc1ccccc1-c1ccccc1)Cc1cccc2c1Cc1ccccc1-2. The third-order valence-corrected chi connectivity index (χ3v) is 5.93. The highest BCUT2D eigenvalue weighted by Crippen LogP contribution is 2.38. The van der Waals surface area contributed by atoms with Crippen LogP contribution in [-0.4, -0.2) is 11.9 Å². The van der Waals surface area contributed by atoms with E-state index in [-0.39, 0.29) is 0 Å². The average Bonchev–Trinajstić information content (AvgIpc) is 3.15. The van der Waals surface area contributed by atoms with Gasteiger partial charge in [0.1, 0.15) is 0 Å². The zero-order valence-electron chi connectivity index (χ0n) is 16.8. The lowest BCUT2D eigenvalue weighted by atomic mass is 9.98. The average molecular weight is 376 g/mol. The Morgan fingerprint density at radius 2 is 1.21 bits per heavy atom. The monoisotopic (exact) mass is 375 g/mol. The van der Waals surface area contributed by atoms with Crippen LogP contribution < -0.4 is 0 Å². The summed E-state index contributed by atoms with van der Waals surface area (Å²) in [5.41, 5.74) is 11.2. The molecular formula is C28H25N. The van der Waals surface area contributed by atoms with Gasteiger partial charge in [0.05, 0.1) is 0 Å². The molecule has 0 heterocycles. The van der Waals surface area contributed by atoms with Crippen molar-refractivity contribution in [1.29, 1.82) is 0 Å². The molecule has 0 saturated carbocycles. The van der Waals surface area contributed by atoms with Crippen molar-refractivity contribution in [3.05, 3.63) is 119 Å². The fourth-order valence-electron chi connectivity index (χ4n) is 4.57. The van der Waals surface area contributed by atoms with E-state index in [1.165, 1.54) is 44.5 Å². The van der Waals surface area contributed by atoms with E-state index < -0.39 is 0 Å². The van der Waals surface area contributed by atoms with Crippen LogP contribution in [-0.2, 0) is 19.5 Å². The van der Waals surface area contributed by atoms with Crippen molar-refractivity contribution in [2.45, 2.75) is 19.5 Å². The van der Waals surface area contributed by atoms with Gasteiger partial charge in [0, 0.05) is 13.1 Å². The number of benzene rings is 4. The molecule has 0 atom stereocenters. The third kappa shape index (κ3) is 3.50. The Balaban J connectivity index is 1.39. The Morgan fingerprint density at radius 3 is 2.07 bits per heavy atom. The van der Waals surface area contributed by atoms with Gasteiger partial charge < -0.3 is 0 Å². The minimum Gasteiger partial charge on any atom is -0.298 e. The molecule has 0 fully saturated rings. The maximum atomic E-state index is 2.43. The summed E-state index contributed by atoms with van der Waals surface area (Å²) < 4.78 is 0. The summed E-state index contributed by atoms with van der Waals surface area (Å²) in [6.45, 7) is 1.89.